The predicted octanol–water partition coefficient (Wildman–Crippen LogP) is 4.30. The van der Waals surface area contributed by atoms with Crippen LogP contribution in [0.2, 0.25) is 5.02 Å². The molecule has 2 rings (SSSR count). The van der Waals surface area contributed by atoms with E-state index in [1.54, 1.807) is 23.9 Å². The first kappa shape index (κ1) is 15.9. The fourth-order valence-corrected chi connectivity index (χ4v) is 2.82. The molecule has 3 nitrogen and oxygen atoms in total. The zero-order valence-electron chi connectivity index (χ0n) is 12.0. The first-order valence-corrected chi connectivity index (χ1v) is 8.07. The zero-order chi connectivity index (χ0) is 15.2. The highest BCUT2D eigenvalue weighted by Gasteiger charge is 2.14. The van der Waals surface area contributed by atoms with E-state index < -0.39 is 0 Å². The van der Waals surface area contributed by atoms with Gasteiger partial charge in [0.1, 0.15) is 5.82 Å². The number of hydrogen-bond donors (Lipinski definition) is 1. The van der Waals surface area contributed by atoms with Crippen LogP contribution >= 0.6 is 23.4 Å². The molecule has 0 bridgehead atoms. The second kappa shape index (κ2) is 7.48. The molecule has 0 spiro atoms. The number of aromatic nitrogens is 1. The molecule has 1 amide bonds. The Morgan fingerprint density at radius 1 is 1.33 bits per heavy atom. The van der Waals surface area contributed by atoms with Crippen molar-refractivity contribution in [2.75, 3.05) is 5.32 Å². The smallest absolute Gasteiger partial charge is 0.238 e. The minimum atomic E-state index is -0.151. The Bertz CT molecular complexity index is 616. The summed E-state index contributed by atoms with van der Waals surface area (Å²) in [6.45, 7) is 3.98. The van der Waals surface area contributed by atoms with E-state index >= 15 is 0 Å². The lowest BCUT2D eigenvalue weighted by Crippen LogP contribution is -2.23. The highest BCUT2D eigenvalue weighted by atomic mass is 35.5. The molecular formula is C16H17ClN2OS. The van der Waals surface area contributed by atoms with Crippen molar-refractivity contribution >= 4 is 35.1 Å². The summed E-state index contributed by atoms with van der Waals surface area (Å²) in [7, 11) is 0. The number of hydrogen-bond acceptors (Lipinski definition) is 3. The van der Waals surface area contributed by atoms with E-state index in [0.29, 0.717) is 10.8 Å². The molecule has 0 aliphatic carbocycles. The maximum absolute atomic E-state index is 12.1. The molecule has 1 N–H and O–H groups in total. The predicted molar refractivity (Wildman–Crippen MR) is 89.8 cm³/mol. The van der Waals surface area contributed by atoms with Crippen LogP contribution in [-0.2, 0) is 10.5 Å². The summed E-state index contributed by atoms with van der Waals surface area (Å²) in [4.78, 5) is 16.2. The summed E-state index contributed by atoms with van der Waals surface area (Å²) in [5, 5.41) is 3.19. The van der Waals surface area contributed by atoms with Crippen molar-refractivity contribution in [1.29, 1.82) is 0 Å². The van der Waals surface area contributed by atoms with Gasteiger partial charge in [-0.2, -0.15) is 0 Å². The van der Waals surface area contributed by atoms with Crippen LogP contribution in [0.4, 0.5) is 5.82 Å². The summed E-state index contributed by atoms with van der Waals surface area (Å²) >= 11 is 7.37. The van der Waals surface area contributed by atoms with Gasteiger partial charge in [-0.1, -0.05) is 35.9 Å². The van der Waals surface area contributed by atoms with Crippen LogP contribution < -0.4 is 5.32 Å². The van der Waals surface area contributed by atoms with Crippen LogP contribution in [0.15, 0.2) is 42.6 Å². The average molecular weight is 321 g/mol. The number of amides is 1. The number of rotatable bonds is 5. The quantitative estimate of drug-likeness (QED) is 0.893. The van der Waals surface area contributed by atoms with Gasteiger partial charge in [-0.25, -0.2) is 4.98 Å². The lowest BCUT2D eigenvalue weighted by atomic mass is 10.1. The van der Waals surface area contributed by atoms with E-state index in [2.05, 4.69) is 29.4 Å². The van der Waals surface area contributed by atoms with Crippen LogP contribution in [0.5, 0.6) is 0 Å². The van der Waals surface area contributed by atoms with E-state index in [-0.39, 0.29) is 11.2 Å². The van der Waals surface area contributed by atoms with Gasteiger partial charge in [0.25, 0.3) is 0 Å². The standard InChI is InChI=1S/C16H17ClN2OS/c1-11-5-3-4-6-13(11)10-21-12(2)16(20)19-15-8-7-14(17)9-18-15/h3-9,12H,10H2,1-2H3,(H,18,19,20)/t12-/m1/s1. The average Bonchev–Trinajstić information content (AvgIpc) is 2.48. The summed E-state index contributed by atoms with van der Waals surface area (Å²) in [5.74, 6) is 1.28. The minimum Gasteiger partial charge on any atom is -0.310 e. The molecule has 1 heterocycles. The van der Waals surface area contributed by atoms with Gasteiger partial charge in [0.2, 0.25) is 5.91 Å². The SMILES string of the molecule is Cc1ccccc1CS[C@H](C)C(=O)Nc1ccc(Cl)cn1. The van der Waals surface area contributed by atoms with Crippen molar-refractivity contribution in [2.24, 2.45) is 0 Å². The number of halogens is 1. The molecule has 1 atom stereocenters. The Labute approximate surface area is 134 Å². The van der Waals surface area contributed by atoms with Gasteiger partial charge in [-0.15, -0.1) is 11.8 Å². The Balaban J connectivity index is 1.88. The maximum Gasteiger partial charge on any atom is 0.238 e. The molecule has 0 aliphatic heterocycles. The lowest BCUT2D eigenvalue weighted by molar-refractivity contribution is -0.115. The normalized spacial score (nSPS) is 12.0. The lowest BCUT2D eigenvalue weighted by Gasteiger charge is -2.12. The fraction of sp³-hybridized carbons (Fsp3) is 0.250. The van der Waals surface area contributed by atoms with Crippen molar-refractivity contribution in [3.8, 4) is 0 Å². The Morgan fingerprint density at radius 2 is 2.10 bits per heavy atom. The van der Waals surface area contributed by atoms with Gasteiger partial charge in [-0.3, -0.25) is 4.79 Å². The van der Waals surface area contributed by atoms with Gasteiger partial charge < -0.3 is 5.32 Å². The summed E-state index contributed by atoms with van der Waals surface area (Å²) in [6, 6.07) is 11.6. The Hall–Kier alpha value is -1.52. The molecule has 2 aromatic rings. The molecule has 0 fully saturated rings. The van der Waals surface area contributed by atoms with Crippen LogP contribution in [0.3, 0.4) is 0 Å². The zero-order valence-corrected chi connectivity index (χ0v) is 13.5. The molecule has 110 valence electrons. The van der Waals surface area contributed by atoms with Gasteiger partial charge in [-0.05, 0) is 37.1 Å². The van der Waals surface area contributed by atoms with Crippen LogP contribution in [0, 0.1) is 6.92 Å². The molecular weight excluding hydrogens is 304 g/mol. The highest BCUT2D eigenvalue weighted by Crippen LogP contribution is 2.21. The molecule has 21 heavy (non-hydrogen) atoms. The minimum absolute atomic E-state index is 0.0524. The van der Waals surface area contributed by atoms with E-state index in [9.17, 15) is 4.79 Å². The number of thioether (sulfide) groups is 1. The number of aryl methyl sites for hydroxylation is 1. The summed E-state index contributed by atoms with van der Waals surface area (Å²) in [5.41, 5.74) is 2.50. The number of carbonyl (C=O) groups is 1. The van der Waals surface area contributed by atoms with Crippen molar-refractivity contribution in [3.05, 3.63) is 58.7 Å². The second-order valence-corrected chi connectivity index (χ2v) is 6.50. The number of carbonyl (C=O) groups excluding carboxylic acids is 1. The van der Waals surface area contributed by atoms with E-state index in [4.69, 9.17) is 11.6 Å². The van der Waals surface area contributed by atoms with Crippen LogP contribution in [0.1, 0.15) is 18.1 Å². The molecule has 0 aliphatic rings. The summed E-state index contributed by atoms with van der Waals surface area (Å²) in [6.07, 6.45) is 1.52. The number of benzene rings is 1. The van der Waals surface area contributed by atoms with Crippen molar-refractivity contribution in [1.82, 2.24) is 4.98 Å². The van der Waals surface area contributed by atoms with Crippen molar-refractivity contribution in [3.63, 3.8) is 0 Å². The highest BCUT2D eigenvalue weighted by molar-refractivity contribution is 7.99. The first-order valence-electron chi connectivity index (χ1n) is 6.65. The third-order valence-electron chi connectivity index (χ3n) is 3.10. The Kier molecular flexibility index (Phi) is 5.65. The summed E-state index contributed by atoms with van der Waals surface area (Å²) < 4.78 is 0. The van der Waals surface area contributed by atoms with Crippen LogP contribution in [0.25, 0.3) is 0 Å². The second-order valence-electron chi connectivity index (χ2n) is 4.73. The molecule has 5 heteroatoms. The molecule has 1 aromatic carbocycles. The fourth-order valence-electron chi connectivity index (χ4n) is 1.74. The van der Waals surface area contributed by atoms with E-state index in [0.717, 1.165) is 5.75 Å². The Morgan fingerprint density at radius 3 is 2.76 bits per heavy atom. The van der Waals surface area contributed by atoms with Gasteiger partial charge >= 0.3 is 0 Å². The van der Waals surface area contributed by atoms with E-state index in [1.165, 1.54) is 17.3 Å². The topological polar surface area (TPSA) is 42.0 Å². The molecule has 0 saturated heterocycles. The number of nitrogens with zero attached hydrogens (tertiary/aromatic N) is 1. The number of anilines is 1. The van der Waals surface area contributed by atoms with Gasteiger partial charge in [0, 0.05) is 11.9 Å². The van der Waals surface area contributed by atoms with Gasteiger partial charge in [0.15, 0.2) is 0 Å². The third-order valence-corrected chi connectivity index (χ3v) is 4.51. The van der Waals surface area contributed by atoms with Crippen molar-refractivity contribution < 1.29 is 4.79 Å². The number of nitrogens with one attached hydrogen (secondary N) is 1. The molecule has 1 aromatic heterocycles. The molecule has 0 radical (unpaired) electrons. The number of pyridine rings is 1. The molecule has 0 unspecified atom stereocenters. The van der Waals surface area contributed by atoms with Crippen molar-refractivity contribution in [2.45, 2.75) is 24.9 Å². The first-order chi connectivity index (χ1) is 10.1. The molecule has 0 saturated carbocycles. The van der Waals surface area contributed by atoms with E-state index in [1.807, 2.05) is 19.1 Å². The maximum atomic E-state index is 12.1. The van der Waals surface area contributed by atoms with Gasteiger partial charge in [0.05, 0.1) is 10.3 Å². The monoisotopic (exact) mass is 320 g/mol. The van der Waals surface area contributed by atoms with Crippen LogP contribution in [-0.4, -0.2) is 16.1 Å². The largest absolute Gasteiger partial charge is 0.310 e. The third kappa shape index (κ3) is 4.76.